The van der Waals surface area contributed by atoms with Gasteiger partial charge in [-0.2, -0.15) is 5.10 Å². The number of rotatable bonds is 6. The highest BCUT2D eigenvalue weighted by atomic mass is 15.3. The molecule has 0 aliphatic rings. The van der Waals surface area contributed by atoms with Gasteiger partial charge in [0, 0.05) is 25.8 Å². The summed E-state index contributed by atoms with van der Waals surface area (Å²) in [5.74, 6) is 0. The summed E-state index contributed by atoms with van der Waals surface area (Å²) in [7, 11) is 0. The van der Waals surface area contributed by atoms with Gasteiger partial charge in [-0.25, -0.2) is 0 Å². The third-order valence-corrected chi connectivity index (χ3v) is 3.12. The zero-order valence-electron chi connectivity index (χ0n) is 11.2. The highest BCUT2D eigenvalue weighted by Crippen LogP contribution is 2.07. The predicted molar refractivity (Wildman–Crippen MR) is 74.2 cm³/mol. The van der Waals surface area contributed by atoms with Gasteiger partial charge in [-0.3, -0.25) is 4.68 Å². The second kappa shape index (κ2) is 6.36. The first-order valence-electron chi connectivity index (χ1n) is 6.57. The maximum Gasteiger partial charge on any atom is 0.0522 e. The van der Waals surface area contributed by atoms with Crippen LogP contribution in [0.4, 0.5) is 0 Å². The van der Waals surface area contributed by atoms with E-state index in [-0.39, 0.29) is 0 Å². The first kappa shape index (κ1) is 12.8. The predicted octanol–water partition coefficient (Wildman–Crippen LogP) is 2.89. The number of nitrogens with zero attached hydrogens (tertiary/aromatic N) is 2. The van der Waals surface area contributed by atoms with Crippen molar-refractivity contribution in [3.8, 4) is 0 Å². The van der Waals surface area contributed by atoms with E-state index in [0.717, 1.165) is 26.1 Å². The van der Waals surface area contributed by atoms with E-state index in [4.69, 9.17) is 0 Å². The Morgan fingerprint density at radius 2 is 2.00 bits per heavy atom. The summed E-state index contributed by atoms with van der Waals surface area (Å²) in [6, 6.07) is 10.6. The quantitative estimate of drug-likeness (QED) is 0.845. The van der Waals surface area contributed by atoms with Crippen LogP contribution < -0.4 is 5.32 Å². The summed E-state index contributed by atoms with van der Waals surface area (Å²) in [5, 5.41) is 7.81. The summed E-state index contributed by atoms with van der Waals surface area (Å²) in [5.41, 5.74) is 3.96. The van der Waals surface area contributed by atoms with Crippen LogP contribution in [0.3, 0.4) is 0 Å². The van der Waals surface area contributed by atoms with Crippen molar-refractivity contribution in [3.63, 3.8) is 0 Å². The van der Waals surface area contributed by atoms with Crippen molar-refractivity contribution in [1.82, 2.24) is 15.1 Å². The zero-order chi connectivity index (χ0) is 12.8. The van der Waals surface area contributed by atoms with E-state index >= 15 is 0 Å². The Balaban J connectivity index is 1.88. The molecule has 3 nitrogen and oxygen atoms in total. The molecule has 0 unspecified atom stereocenters. The molecule has 0 bridgehead atoms. The number of hydrogen-bond donors (Lipinski definition) is 1. The van der Waals surface area contributed by atoms with Crippen LogP contribution in [0.25, 0.3) is 0 Å². The molecule has 1 aromatic carbocycles. The van der Waals surface area contributed by atoms with Crippen molar-refractivity contribution in [2.75, 3.05) is 0 Å². The molecule has 1 heterocycles. The molecule has 0 saturated carbocycles. The normalized spacial score (nSPS) is 10.8. The van der Waals surface area contributed by atoms with Crippen molar-refractivity contribution < 1.29 is 0 Å². The highest BCUT2D eigenvalue weighted by Gasteiger charge is 2.01. The van der Waals surface area contributed by atoms with Gasteiger partial charge < -0.3 is 5.32 Å². The van der Waals surface area contributed by atoms with Crippen LogP contribution in [0, 0.1) is 6.92 Å². The molecule has 1 N–H and O–H groups in total. The van der Waals surface area contributed by atoms with Crippen molar-refractivity contribution >= 4 is 0 Å². The Labute approximate surface area is 109 Å². The van der Waals surface area contributed by atoms with E-state index in [9.17, 15) is 0 Å². The van der Waals surface area contributed by atoms with Crippen LogP contribution in [-0.4, -0.2) is 9.78 Å². The smallest absolute Gasteiger partial charge is 0.0522 e. The molecule has 2 rings (SSSR count). The number of aromatic nitrogens is 2. The van der Waals surface area contributed by atoms with E-state index in [1.54, 1.807) is 0 Å². The fourth-order valence-electron chi connectivity index (χ4n) is 2.06. The van der Waals surface area contributed by atoms with Crippen LogP contribution in [0.5, 0.6) is 0 Å². The van der Waals surface area contributed by atoms with Gasteiger partial charge in [-0.15, -0.1) is 0 Å². The van der Waals surface area contributed by atoms with Crippen LogP contribution in [0.2, 0.25) is 0 Å². The Morgan fingerprint density at radius 1 is 1.17 bits per heavy atom. The molecule has 0 radical (unpaired) electrons. The molecule has 0 saturated heterocycles. The van der Waals surface area contributed by atoms with Gasteiger partial charge in [0.1, 0.15) is 0 Å². The lowest BCUT2D eigenvalue weighted by molar-refractivity contribution is 0.549. The number of benzene rings is 1. The second-order valence-electron chi connectivity index (χ2n) is 4.58. The summed E-state index contributed by atoms with van der Waals surface area (Å²) in [6.07, 6.45) is 2.99. The van der Waals surface area contributed by atoms with Crippen molar-refractivity contribution in [3.05, 3.63) is 53.3 Å². The van der Waals surface area contributed by atoms with Crippen molar-refractivity contribution in [2.24, 2.45) is 0 Å². The van der Waals surface area contributed by atoms with Gasteiger partial charge in [0.15, 0.2) is 0 Å². The molecule has 1 aromatic heterocycles. The van der Waals surface area contributed by atoms with E-state index in [1.807, 2.05) is 6.20 Å². The molecule has 0 aliphatic heterocycles. The van der Waals surface area contributed by atoms with Gasteiger partial charge in [0.25, 0.3) is 0 Å². The molecule has 18 heavy (non-hydrogen) atoms. The number of hydrogen-bond acceptors (Lipinski definition) is 2. The second-order valence-corrected chi connectivity index (χ2v) is 4.58. The molecule has 0 fully saturated rings. The molecule has 0 aliphatic carbocycles. The third-order valence-electron chi connectivity index (χ3n) is 3.12. The third kappa shape index (κ3) is 3.20. The van der Waals surface area contributed by atoms with Gasteiger partial charge in [0.2, 0.25) is 0 Å². The molecule has 2 aromatic rings. The SMILES string of the molecule is CCCn1nccc1CNCc1ccccc1C. The molecule has 0 spiro atoms. The lowest BCUT2D eigenvalue weighted by atomic mass is 10.1. The minimum atomic E-state index is 0.869. The fraction of sp³-hybridized carbons (Fsp3) is 0.400. The van der Waals surface area contributed by atoms with Crippen molar-refractivity contribution in [1.29, 1.82) is 0 Å². The Hall–Kier alpha value is -1.61. The monoisotopic (exact) mass is 243 g/mol. The van der Waals surface area contributed by atoms with E-state index in [0.29, 0.717) is 0 Å². The molecular weight excluding hydrogens is 222 g/mol. The van der Waals surface area contributed by atoms with Crippen LogP contribution >= 0.6 is 0 Å². The molecule has 0 atom stereocenters. The summed E-state index contributed by atoms with van der Waals surface area (Å²) in [4.78, 5) is 0. The van der Waals surface area contributed by atoms with E-state index < -0.39 is 0 Å². The van der Waals surface area contributed by atoms with Crippen molar-refractivity contribution in [2.45, 2.75) is 39.9 Å². The number of nitrogens with one attached hydrogen (secondary N) is 1. The first-order valence-corrected chi connectivity index (χ1v) is 6.57. The van der Waals surface area contributed by atoms with Crippen LogP contribution in [-0.2, 0) is 19.6 Å². The Morgan fingerprint density at radius 3 is 2.78 bits per heavy atom. The molecule has 3 heteroatoms. The average Bonchev–Trinajstić information content (AvgIpc) is 2.80. The first-order chi connectivity index (χ1) is 8.81. The minimum Gasteiger partial charge on any atom is -0.307 e. The van der Waals surface area contributed by atoms with Gasteiger partial charge in [-0.1, -0.05) is 31.2 Å². The van der Waals surface area contributed by atoms with Crippen LogP contribution in [0.1, 0.15) is 30.2 Å². The van der Waals surface area contributed by atoms with Crippen LogP contribution in [0.15, 0.2) is 36.5 Å². The zero-order valence-corrected chi connectivity index (χ0v) is 11.2. The maximum absolute atomic E-state index is 4.33. The standard InChI is InChI=1S/C15H21N3/c1-3-10-18-15(8-9-17-18)12-16-11-14-7-5-4-6-13(14)2/h4-9,16H,3,10-12H2,1-2H3. The Bertz CT molecular complexity index is 488. The lowest BCUT2D eigenvalue weighted by Gasteiger charge is -2.09. The largest absolute Gasteiger partial charge is 0.307 e. The maximum atomic E-state index is 4.33. The topological polar surface area (TPSA) is 29.9 Å². The van der Waals surface area contributed by atoms with Gasteiger partial charge in [-0.05, 0) is 30.5 Å². The average molecular weight is 243 g/mol. The van der Waals surface area contributed by atoms with Gasteiger partial charge >= 0.3 is 0 Å². The van der Waals surface area contributed by atoms with Gasteiger partial charge in [0.05, 0.1) is 5.69 Å². The fourth-order valence-corrected chi connectivity index (χ4v) is 2.06. The summed E-state index contributed by atoms with van der Waals surface area (Å²) < 4.78 is 2.07. The molecule has 96 valence electrons. The summed E-state index contributed by atoms with van der Waals surface area (Å²) >= 11 is 0. The van der Waals surface area contributed by atoms with E-state index in [1.165, 1.54) is 16.8 Å². The lowest BCUT2D eigenvalue weighted by Crippen LogP contribution is -2.17. The van der Waals surface area contributed by atoms with E-state index in [2.05, 4.69) is 59.3 Å². The molecule has 0 amide bonds. The highest BCUT2D eigenvalue weighted by molar-refractivity contribution is 5.25. The Kier molecular flexibility index (Phi) is 4.53. The minimum absolute atomic E-state index is 0.869. The summed E-state index contributed by atoms with van der Waals surface area (Å²) in [6.45, 7) is 7.09. The number of aryl methyl sites for hydroxylation is 2. The molecular formula is C15H21N3.